The summed E-state index contributed by atoms with van der Waals surface area (Å²) in [5.74, 6) is -0.414. The van der Waals surface area contributed by atoms with Crippen molar-refractivity contribution in [3.05, 3.63) is 16.1 Å². The molecule has 2 rings (SSSR count). The molecule has 1 aliphatic rings. The summed E-state index contributed by atoms with van der Waals surface area (Å²) in [7, 11) is 0. The molecule has 1 saturated heterocycles. The van der Waals surface area contributed by atoms with E-state index in [2.05, 4.69) is 15.6 Å². The third-order valence-corrected chi connectivity index (χ3v) is 3.47. The molecule has 80 valence electrons. The number of nitrogens with two attached hydrogens (primary N) is 1. The van der Waals surface area contributed by atoms with Crippen molar-refractivity contribution in [3.8, 4) is 0 Å². The van der Waals surface area contributed by atoms with Gasteiger partial charge in [0.25, 0.3) is 5.91 Å². The lowest BCUT2D eigenvalue weighted by atomic mass is 9.97. The second-order valence-electron chi connectivity index (χ2n) is 3.28. The quantitative estimate of drug-likeness (QED) is 0.589. The van der Waals surface area contributed by atoms with Gasteiger partial charge >= 0.3 is 6.03 Å². The average molecular weight is 226 g/mol. The van der Waals surface area contributed by atoms with E-state index in [-0.39, 0.29) is 6.54 Å². The van der Waals surface area contributed by atoms with Crippen molar-refractivity contribution in [1.82, 2.24) is 15.6 Å². The van der Waals surface area contributed by atoms with Gasteiger partial charge in [0.1, 0.15) is 0 Å². The molecule has 7 heteroatoms. The number of hydrogen-bond donors (Lipinski definition) is 3. The van der Waals surface area contributed by atoms with Crippen molar-refractivity contribution in [1.29, 1.82) is 0 Å². The summed E-state index contributed by atoms with van der Waals surface area (Å²) in [6, 6.07) is -0.516. The monoisotopic (exact) mass is 226 g/mol. The maximum absolute atomic E-state index is 11.7. The topological polar surface area (TPSA) is 97.1 Å². The Morgan fingerprint density at radius 2 is 2.33 bits per heavy atom. The molecule has 1 aliphatic heterocycles. The Labute approximate surface area is 89.9 Å². The van der Waals surface area contributed by atoms with Crippen LogP contribution in [0, 0.1) is 6.92 Å². The Morgan fingerprint density at radius 3 is 2.73 bits per heavy atom. The Hall–Kier alpha value is -1.47. The van der Waals surface area contributed by atoms with Crippen LogP contribution in [0.3, 0.4) is 0 Å². The summed E-state index contributed by atoms with van der Waals surface area (Å²) in [6.07, 6.45) is 0. The molecule has 0 bridgehead atoms. The lowest BCUT2D eigenvalue weighted by Crippen LogP contribution is -2.49. The number of imide groups is 1. The molecule has 0 saturated carbocycles. The van der Waals surface area contributed by atoms with Crippen molar-refractivity contribution >= 4 is 23.3 Å². The lowest BCUT2D eigenvalue weighted by molar-refractivity contribution is -0.123. The van der Waals surface area contributed by atoms with Crippen molar-refractivity contribution in [2.75, 3.05) is 6.54 Å². The maximum atomic E-state index is 11.7. The molecule has 0 spiro atoms. The first-order valence-corrected chi connectivity index (χ1v) is 5.22. The number of nitrogens with zero attached hydrogens (tertiary/aromatic N) is 1. The minimum atomic E-state index is -1.14. The number of urea groups is 1. The van der Waals surface area contributed by atoms with E-state index in [4.69, 9.17) is 5.73 Å². The summed E-state index contributed by atoms with van der Waals surface area (Å²) < 4.78 is 0. The van der Waals surface area contributed by atoms with Gasteiger partial charge in [-0.25, -0.2) is 9.78 Å². The van der Waals surface area contributed by atoms with Gasteiger partial charge in [0.2, 0.25) is 0 Å². The highest BCUT2D eigenvalue weighted by molar-refractivity contribution is 7.10. The molecule has 1 fully saturated rings. The molecule has 0 radical (unpaired) electrons. The highest BCUT2D eigenvalue weighted by Gasteiger charge is 2.48. The van der Waals surface area contributed by atoms with Crippen LogP contribution in [0.1, 0.15) is 10.6 Å². The van der Waals surface area contributed by atoms with Crippen LogP contribution < -0.4 is 16.4 Å². The van der Waals surface area contributed by atoms with Gasteiger partial charge < -0.3 is 11.1 Å². The van der Waals surface area contributed by atoms with Crippen molar-refractivity contribution in [3.63, 3.8) is 0 Å². The van der Waals surface area contributed by atoms with Gasteiger partial charge in [-0.05, 0) is 6.92 Å². The molecule has 0 aromatic carbocycles. The molecular formula is C8H10N4O2S. The molecule has 15 heavy (non-hydrogen) atoms. The van der Waals surface area contributed by atoms with Crippen LogP contribution in [0.25, 0.3) is 0 Å². The van der Waals surface area contributed by atoms with Gasteiger partial charge in [-0.2, -0.15) is 0 Å². The third-order valence-electron chi connectivity index (χ3n) is 2.38. The number of thiazole rings is 1. The first kappa shape index (κ1) is 10.1. The fourth-order valence-corrected chi connectivity index (χ4v) is 2.57. The molecule has 1 aromatic heterocycles. The van der Waals surface area contributed by atoms with Crippen LogP contribution in [0.4, 0.5) is 4.79 Å². The zero-order valence-electron chi connectivity index (χ0n) is 8.03. The van der Waals surface area contributed by atoms with Gasteiger partial charge in [-0.3, -0.25) is 10.1 Å². The molecule has 3 amide bonds. The van der Waals surface area contributed by atoms with Crippen LogP contribution >= 0.6 is 11.3 Å². The highest BCUT2D eigenvalue weighted by Crippen LogP contribution is 2.29. The first-order valence-electron chi connectivity index (χ1n) is 4.34. The van der Waals surface area contributed by atoms with Crippen molar-refractivity contribution in [2.24, 2.45) is 5.73 Å². The Morgan fingerprint density at radius 1 is 1.60 bits per heavy atom. The number of aromatic nitrogens is 1. The fraction of sp³-hybridized carbons (Fsp3) is 0.375. The van der Waals surface area contributed by atoms with Gasteiger partial charge in [0, 0.05) is 6.54 Å². The highest BCUT2D eigenvalue weighted by atomic mass is 32.1. The summed E-state index contributed by atoms with van der Waals surface area (Å²) in [6.45, 7) is 1.80. The summed E-state index contributed by atoms with van der Waals surface area (Å²) in [5, 5.41) is 4.74. The van der Waals surface area contributed by atoms with Gasteiger partial charge in [-0.1, -0.05) is 0 Å². The third kappa shape index (κ3) is 1.31. The normalized spacial score (nSPS) is 25.2. The van der Waals surface area contributed by atoms with Crippen LogP contribution in [0.15, 0.2) is 5.51 Å². The van der Waals surface area contributed by atoms with Crippen LogP contribution in [-0.4, -0.2) is 23.5 Å². The summed E-state index contributed by atoms with van der Waals surface area (Å²) in [4.78, 5) is 27.5. The van der Waals surface area contributed by atoms with Crippen LogP contribution in [-0.2, 0) is 10.3 Å². The van der Waals surface area contributed by atoms with Gasteiger partial charge in [0.15, 0.2) is 5.54 Å². The Bertz CT molecular complexity index is 430. The van der Waals surface area contributed by atoms with Crippen molar-refractivity contribution in [2.45, 2.75) is 12.5 Å². The molecule has 1 unspecified atom stereocenters. The second kappa shape index (κ2) is 3.28. The number of carbonyl (C=O) groups is 2. The first-order chi connectivity index (χ1) is 7.10. The number of hydrogen-bond acceptors (Lipinski definition) is 5. The number of aryl methyl sites for hydroxylation is 1. The molecule has 4 N–H and O–H groups in total. The summed E-state index contributed by atoms with van der Waals surface area (Å²) >= 11 is 1.31. The van der Waals surface area contributed by atoms with E-state index in [0.717, 1.165) is 0 Å². The second-order valence-corrected chi connectivity index (χ2v) is 4.14. The molecule has 1 atom stereocenters. The Balaban J connectivity index is 2.51. The van der Waals surface area contributed by atoms with E-state index >= 15 is 0 Å². The standard InChI is InChI=1S/C8H10N4O2S/c1-4-5(15-3-10-4)8(2-9)6(13)11-7(14)12-8/h3H,2,9H2,1H3,(H2,11,12,13,14). The number of nitrogens with one attached hydrogen (secondary N) is 2. The number of amides is 3. The Kier molecular flexibility index (Phi) is 2.20. The van der Waals surface area contributed by atoms with Gasteiger partial charge in [-0.15, -0.1) is 11.3 Å². The minimum Gasteiger partial charge on any atom is -0.327 e. The zero-order valence-corrected chi connectivity index (χ0v) is 8.85. The van der Waals surface area contributed by atoms with E-state index in [9.17, 15) is 9.59 Å². The van der Waals surface area contributed by atoms with E-state index in [1.807, 2.05) is 0 Å². The SMILES string of the molecule is Cc1ncsc1C1(CN)NC(=O)NC1=O. The van der Waals surface area contributed by atoms with Crippen molar-refractivity contribution < 1.29 is 9.59 Å². The van der Waals surface area contributed by atoms with E-state index in [0.29, 0.717) is 10.6 Å². The fourth-order valence-electron chi connectivity index (χ4n) is 1.60. The van der Waals surface area contributed by atoms with Crippen LogP contribution in [0.5, 0.6) is 0 Å². The number of carbonyl (C=O) groups excluding carboxylic acids is 2. The average Bonchev–Trinajstić information content (AvgIpc) is 2.71. The molecule has 2 heterocycles. The van der Waals surface area contributed by atoms with Gasteiger partial charge in [0.05, 0.1) is 16.1 Å². The van der Waals surface area contributed by atoms with Crippen LogP contribution in [0.2, 0.25) is 0 Å². The molecule has 0 aliphatic carbocycles. The molecule has 1 aromatic rings. The van der Waals surface area contributed by atoms with E-state index < -0.39 is 17.5 Å². The maximum Gasteiger partial charge on any atom is 0.322 e. The largest absolute Gasteiger partial charge is 0.327 e. The summed E-state index contributed by atoms with van der Waals surface area (Å²) in [5.41, 5.74) is 6.78. The van der Waals surface area contributed by atoms with E-state index in [1.165, 1.54) is 11.3 Å². The number of rotatable bonds is 2. The zero-order chi connectivity index (χ0) is 11.1. The smallest absolute Gasteiger partial charge is 0.322 e. The minimum absolute atomic E-state index is 0.0214. The lowest BCUT2D eigenvalue weighted by Gasteiger charge is -2.22. The molecule has 6 nitrogen and oxygen atoms in total. The predicted octanol–water partition coefficient (Wildman–Crippen LogP) is -0.555. The predicted molar refractivity (Wildman–Crippen MR) is 54.3 cm³/mol. The molecular weight excluding hydrogens is 216 g/mol. The van der Waals surface area contributed by atoms with E-state index in [1.54, 1.807) is 12.4 Å².